The van der Waals surface area contributed by atoms with Crippen molar-refractivity contribution in [3.63, 3.8) is 0 Å². The zero-order valence-electron chi connectivity index (χ0n) is 9.63. The lowest BCUT2D eigenvalue weighted by Crippen LogP contribution is -2.09. The third kappa shape index (κ3) is 2.02. The molecule has 0 fully saturated rings. The molecule has 0 amide bonds. The van der Waals surface area contributed by atoms with E-state index in [2.05, 4.69) is 48.7 Å². The van der Waals surface area contributed by atoms with Crippen molar-refractivity contribution >= 4 is 15.9 Å². The van der Waals surface area contributed by atoms with Crippen molar-refractivity contribution in [1.82, 2.24) is 9.78 Å². The molecule has 1 aromatic heterocycles. The van der Waals surface area contributed by atoms with Gasteiger partial charge in [0.1, 0.15) is 0 Å². The fraction of sp³-hybridized carbons (Fsp3) is 0.727. The summed E-state index contributed by atoms with van der Waals surface area (Å²) in [6.07, 6.45) is 0. The number of hydrogen-bond donors (Lipinski definition) is 0. The van der Waals surface area contributed by atoms with Crippen molar-refractivity contribution < 1.29 is 0 Å². The van der Waals surface area contributed by atoms with E-state index in [-0.39, 0.29) is 0 Å². The van der Waals surface area contributed by atoms with Crippen molar-refractivity contribution in [3.8, 4) is 0 Å². The molecular formula is C11H19BrN2. The highest BCUT2D eigenvalue weighted by atomic mass is 79.9. The normalized spacial score (nSPS) is 15.6. The Bertz CT molecular complexity index is 317. The molecule has 0 saturated carbocycles. The van der Waals surface area contributed by atoms with Gasteiger partial charge in [0.15, 0.2) is 0 Å². The van der Waals surface area contributed by atoms with E-state index in [1.807, 2.05) is 11.7 Å². The summed E-state index contributed by atoms with van der Waals surface area (Å²) in [5, 5.41) is 5.49. The minimum Gasteiger partial charge on any atom is -0.272 e. The van der Waals surface area contributed by atoms with E-state index in [0.29, 0.717) is 11.8 Å². The molecule has 3 heteroatoms. The van der Waals surface area contributed by atoms with Crippen LogP contribution in [0.1, 0.15) is 36.7 Å². The molecule has 0 aliphatic rings. The van der Waals surface area contributed by atoms with Crippen LogP contribution in [-0.4, -0.2) is 15.1 Å². The van der Waals surface area contributed by atoms with E-state index in [9.17, 15) is 0 Å². The van der Waals surface area contributed by atoms with Gasteiger partial charge in [-0.2, -0.15) is 5.10 Å². The Balaban J connectivity index is 3.05. The van der Waals surface area contributed by atoms with Crippen LogP contribution in [0.25, 0.3) is 0 Å². The molecule has 0 saturated heterocycles. The zero-order chi connectivity index (χ0) is 10.9. The number of halogens is 1. The van der Waals surface area contributed by atoms with Gasteiger partial charge in [0.25, 0.3) is 0 Å². The first-order valence-corrected chi connectivity index (χ1v) is 6.17. The first kappa shape index (κ1) is 11.8. The van der Waals surface area contributed by atoms with Gasteiger partial charge in [0, 0.05) is 18.1 Å². The molecule has 0 radical (unpaired) electrons. The maximum atomic E-state index is 4.45. The number of nitrogens with zero attached hydrogens (tertiary/aromatic N) is 2. The van der Waals surface area contributed by atoms with Gasteiger partial charge in [-0.3, -0.25) is 4.68 Å². The third-order valence-electron chi connectivity index (χ3n) is 3.12. The molecule has 2 unspecified atom stereocenters. The highest BCUT2D eigenvalue weighted by molar-refractivity contribution is 9.09. The summed E-state index contributed by atoms with van der Waals surface area (Å²) in [6, 6.07) is 0. The number of aryl methyl sites for hydroxylation is 2. The van der Waals surface area contributed by atoms with Crippen LogP contribution >= 0.6 is 15.9 Å². The number of hydrogen-bond acceptors (Lipinski definition) is 1. The smallest absolute Gasteiger partial charge is 0.0631 e. The molecule has 1 aromatic rings. The highest BCUT2D eigenvalue weighted by Crippen LogP contribution is 2.29. The predicted octanol–water partition coefficient (Wildman–Crippen LogP) is 3.17. The first-order chi connectivity index (χ1) is 6.49. The summed E-state index contributed by atoms with van der Waals surface area (Å²) in [5.41, 5.74) is 3.88. The van der Waals surface area contributed by atoms with Gasteiger partial charge in [-0.1, -0.05) is 29.8 Å². The summed E-state index contributed by atoms with van der Waals surface area (Å²) in [6.45, 7) is 8.79. The number of alkyl halides is 1. The lowest BCUT2D eigenvalue weighted by molar-refractivity contribution is 0.541. The van der Waals surface area contributed by atoms with E-state index in [1.165, 1.54) is 17.0 Å². The molecule has 0 aromatic carbocycles. The van der Waals surface area contributed by atoms with Gasteiger partial charge in [0.2, 0.25) is 0 Å². The third-order valence-corrected chi connectivity index (χ3v) is 4.14. The molecule has 2 nitrogen and oxygen atoms in total. The fourth-order valence-corrected chi connectivity index (χ4v) is 2.43. The average molecular weight is 259 g/mol. The second-order valence-corrected chi connectivity index (χ2v) is 4.78. The molecule has 1 rings (SSSR count). The maximum absolute atomic E-state index is 4.45. The summed E-state index contributed by atoms with van der Waals surface area (Å²) in [4.78, 5) is 0. The summed E-state index contributed by atoms with van der Waals surface area (Å²) < 4.78 is 1.97. The quantitative estimate of drug-likeness (QED) is 0.762. The van der Waals surface area contributed by atoms with Crippen LogP contribution in [0.15, 0.2) is 0 Å². The minimum atomic E-state index is 0.572. The largest absolute Gasteiger partial charge is 0.272 e. The van der Waals surface area contributed by atoms with Crippen LogP contribution in [0.3, 0.4) is 0 Å². The van der Waals surface area contributed by atoms with Crippen molar-refractivity contribution in [1.29, 1.82) is 0 Å². The van der Waals surface area contributed by atoms with Crippen LogP contribution in [-0.2, 0) is 7.05 Å². The van der Waals surface area contributed by atoms with Crippen LogP contribution in [0.5, 0.6) is 0 Å². The van der Waals surface area contributed by atoms with Gasteiger partial charge in [-0.25, -0.2) is 0 Å². The fourth-order valence-electron chi connectivity index (χ4n) is 1.87. The van der Waals surface area contributed by atoms with E-state index < -0.39 is 0 Å². The maximum Gasteiger partial charge on any atom is 0.0631 e. The topological polar surface area (TPSA) is 17.8 Å². The van der Waals surface area contributed by atoms with E-state index in [0.717, 1.165) is 5.33 Å². The average Bonchev–Trinajstić information content (AvgIpc) is 2.39. The molecule has 14 heavy (non-hydrogen) atoms. The van der Waals surface area contributed by atoms with Crippen molar-refractivity contribution in [2.75, 3.05) is 5.33 Å². The Kier molecular flexibility index (Phi) is 3.76. The van der Waals surface area contributed by atoms with Crippen molar-refractivity contribution in [3.05, 3.63) is 17.0 Å². The van der Waals surface area contributed by atoms with Gasteiger partial charge < -0.3 is 0 Å². The first-order valence-electron chi connectivity index (χ1n) is 5.05. The second-order valence-electron chi connectivity index (χ2n) is 4.13. The van der Waals surface area contributed by atoms with Crippen molar-refractivity contribution in [2.45, 2.75) is 33.6 Å². The molecule has 1 heterocycles. The van der Waals surface area contributed by atoms with Gasteiger partial charge in [-0.15, -0.1) is 0 Å². The summed E-state index contributed by atoms with van der Waals surface area (Å²) in [7, 11) is 2.01. The number of aromatic nitrogens is 2. The van der Waals surface area contributed by atoms with Crippen LogP contribution in [0.2, 0.25) is 0 Å². The standard InChI is InChI=1S/C11H19BrN2/c1-7(6-12)8(2)11-9(3)13-14(5)10(11)4/h7-8H,6H2,1-5H3. The Hall–Kier alpha value is -0.310. The summed E-state index contributed by atoms with van der Waals surface area (Å²) in [5.74, 6) is 1.22. The van der Waals surface area contributed by atoms with Gasteiger partial charge in [0.05, 0.1) is 5.69 Å². The van der Waals surface area contributed by atoms with Gasteiger partial charge >= 0.3 is 0 Å². The highest BCUT2D eigenvalue weighted by Gasteiger charge is 2.20. The SMILES string of the molecule is Cc1nn(C)c(C)c1C(C)C(C)CBr. The summed E-state index contributed by atoms with van der Waals surface area (Å²) >= 11 is 3.54. The Morgan fingerprint density at radius 3 is 2.29 bits per heavy atom. The monoisotopic (exact) mass is 258 g/mol. The Morgan fingerprint density at radius 1 is 1.36 bits per heavy atom. The molecule has 0 N–H and O–H groups in total. The second kappa shape index (κ2) is 4.47. The molecule has 0 aliphatic carbocycles. The molecule has 2 atom stereocenters. The van der Waals surface area contributed by atoms with E-state index >= 15 is 0 Å². The lowest BCUT2D eigenvalue weighted by Gasteiger charge is -2.18. The predicted molar refractivity (Wildman–Crippen MR) is 64.1 cm³/mol. The molecular weight excluding hydrogens is 240 g/mol. The molecule has 0 spiro atoms. The lowest BCUT2D eigenvalue weighted by atomic mass is 9.89. The Morgan fingerprint density at radius 2 is 1.93 bits per heavy atom. The van der Waals surface area contributed by atoms with Crippen molar-refractivity contribution in [2.24, 2.45) is 13.0 Å². The van der Waals surface area contributed by atoms with E-state index in [4.69, 9.17) is 0 Å². The Labute approximate surface area is 94.8 Å². The van der Waals surface area contributed by atoms with Crippen LogP contribution < -0.4 is 0 Å². The number of rotatable bonds is 3. The zero-order valence-corrected chi connectivity index (χ0v) is 11.2. The molecule has 80 valence electrons. The minimum absolute atomic E-state index is 0.572. The molecule has 0 aliphatic heterocycles. The van der Waals surface area contributed by atoms with Gasteiger partial charge in [-0.05, 0) is 31.2 Å². The molecule has 0 bridgehead atoms. The van der Waals surface area contributed by atoms with Crippen LogP contribution in [0.4, 0.5) is 0 Å². The van der Waals surface area contributed by atoms with Crippen LogP contribution in [0, 0.1) is 19.8 Å². The van der Waals surface area contributed by atoms with E-state index in [1.54, 1.807) is 0 Å².